The summed E-state index contributed by atoms with van der Waals surface area (Å²) in [5, 5.41) is 0. The summed E-state index contributed by atoms with van der Waals surface area (Å²) in [6, 6.07) is 0.627. The third-order valence-corrected chi connectivity index (χ3v) is 3.64. The number of likely N-dealkylation sites (tertiary alicyclic amines) is 1. The summed E-state index contributed by atoms with van der Waals surface area (Å²) in [6.45, 7) is 3.97. The van der Waals surface area contributed by atoms with Crippen molar-refractivity contribution in [3.63, 3.8) is 0 Å². The summed E-state index contributed by atoms with van der Waals surface area (Å²) in [5.74, 6) is 0.309. The van der Waals surface area contributed by atoms with Crippen molar-refractivity contribution < 1.29 is 8.42 Å². The van der Waals surface area contributed by atoms with Gasteiger partial charge in [-0.1, -0.05) is 6.92 Å². The molecule has 0 N–H and O–H groups in total. The Hall–Kier alpha value is -0.0900. The van der Waals surface area contributed by atoms with Gasteiger partial charge in [-0.05, 0) is 25.8 Å². The molecular weight excluding hydrogens is 186 g/mol. The maximum absolute atomic E-state index is 11.0. The molecule has 0 aromatic carbocycles. The van der Waals surface area contributed by atoms with Crippen LogP contribution in [-0.2, 0) is 9.84 Å². The van der Waals surface area contributed by atoms with Crippen LogP contribution >= 0.6 is 0 Å². The molecule has 1 atom stereocenters. The molecule has 0 aliphatic carbocycles. The third-order valence-electron chi connectivity index (χ3n) is 2.72. The summed E-state index contributed by atoms with van der Waals surface area (Å²) in [7, 11) is -2.78. The largest absolute Gasteiger partial charge is 0.299 e. The molecule has 3 nitrogen and oxygen atoms in total. The average Bonchev–Trinajstić information content (AvgIpc) is 2.46. The molecule has 0 radical (unpaired) electrons. The van der Waals surface area contributed by atoms with Crippen LogP contribution in [0.15, 0.2) is 0 Å². The molecule has 0 amide bonds. The van der Waals surface area contributed by atoms with Gasteiger partial charge in [-0.15, -0.1) is 0 Å². The Morgan fingerprint density at radius 3 is 2.69 bits per heavy atom. The van der Waals surface area contributed by atoms with Crippen molar-refractivity contribution in [1.29, 1.82) is 0 Å². The van der Waals surface area contributed by atoms with Crippen molar-refractivity contribution in [3.8, 4) is 0 Å². The molecule has 13 heavy (non-hydrogen) atoms. The normalized spacial score (nSPS) is 25.2. The second-order valence-electron chi connectivity index (χ2n) is 3.87. The lowest BCUT2D eigenvalue weighted by Crippen LogP contribution is -2.33. The van der Waals surface area contributed by atoms with Gasteiger partial charge in [-0.25, -0.2) is 8.42 Å². The van der Waals surface area contributed by atoms with E-state index in [-0.39, 0.29) is 0 Å². The zero-order chi connectivity index (χ0) is 9.90. The van der Waals surface area contributed by atoms with E-state index in [0.29, 0.717) is 11.8 Å². The number of hydrogen-bond acceptors (Lipinski definition) is 3. The Morgan fingerprint density at radius 2 is 2.15 bits per heavy atom. The molecule has 0 saturated carbocycles. The van der Waals surface area contributed by atoms with Gasteiger partial charge < -0.3 is 0 Å². The molecule has 1 saturated heterocycles. The molecule has 0 aromatic rings. The number of hydrogen-bond donors (Lipinski definition) is 0. The van der Waals surface area contributed by atoms with E-state index in [1.54, 1.807) is 0 Å². The number of rotatable bonds is 4. The standard InChI is InChI=1S/C9H19NO2S/c1-3-9-5-4-6-10(9)7-8-13(2,11)12/h9H,3-8H2,1-2H3. The van der Waals surface area contributed by atoms with E-state index < -0.39 is 9.84 Å². The van der Waals surface area contributed by atoms with Gasteiger partial charge in [0.2, 0.25) is 0 Å². The highest BCUT2D eigenvalue weighted by molar-refractivity contribution is 7.90. The van der Waals surface area contributed by atoms with Crippen molar-refractivity contribution in [2.75, 3.05) is 25.1 Å². The quantitative estimate of drug-likeness (QED) is 0.684. The van der Waals surface area contributed by atoms with E-state index in [0.717, 1.165) is 19.5 Å². The van der Waals surface area contributed by atoms with Gasteiger partial charge in [-0.2, -0.15) is 0 Å². The minimum absolute atomic E-state index is 0.309. The summed E-state index contributed by atoms with van der Waals surface area (Å²) in [5.41, 5.74) is 0. The minimum Gasteiger partial charge on any atom is -0.299 e. The van der Waals surface area contributed by atoms with E-state index in [2.05, 4.69) is 11.8 Å². The van der Waals surface area contributed by atoms with Gasteiger partial charge in [0, 0.05) is 18.8 Å². The Morgan fingerprint density at radius 1 is 1.46 bits per heavy atom. The molecule has 0 spiro atoms. The first kappa shape index (κ1) is 11.0. The summed E-state index contributed by atoms with van der Waals surface area (Å²) >= 11 is 0. The lowest BCUT2D eigenvalue weighted by molar-refractivity contribution is 0.262. The lowest BCUT2D eigenvalue weighted by atomic mass is 10.2. The van der Waals surface area contributed by atoms with Gasteiger partial charge in [0.15, 0.2) is 0 Å². The predicted molar refractivity (Wildman–Crippen MR) is 54.6 cm³/mol. The molecule has 1 aliphatic rings. The van der Waals surface area contributed by atoms with E-state index in [4.69, 9.17) is 0 Å². The Balaban J connectivity index is 2.36. The molecule has 1 aliphatic heterocycles. The molecule has 1 rings (SSSR count). The van der Waals surface area contributed by atoms with Crippen molar-refractivity contribution in [3.05, 3.63) is 0 Å². The summed E-state index contributed by atoms with van der Waals surface area (Å²) < 4.78 is 21.9. The fraction of sp³-hybridized carbons (Fsp3) is 1.00. The smallest absolute Gasteiger partial charge is 0.148 e. The molecule has 0 aromatic heterocycles. The van der Waals surface area contributed by atoms with Gasteiger partial charge in [-0.3, -0.25) is 4.90 Å². The van der Waals surface area contributed by atoms with Crippen molar-refractivity contribution in [1.82, 2.24) is 4.90 Å². The van der Waals surface area contributed by atoms with Gasteiger partial charge in [0.25, 0.3) is 0 Å². The van der Waals surface area contributed by atoms with Gasteiger partial charge in [0.05, 0.1) is 5.75 Å². The predicted octanol–water partition coefficient (Wildman–Crippen LogP) is 0.905. The Labute approximate surface area is 81.0 Å². The summed E-state index contributed by atoms with van der Waals surface area (Å²) in [4.78, 5) is 2.31. The maximum atomic E-state index is 11.0. The SMILES string of the molecule is CCC1CCCN1CCS(C)(=O)=O. The molecule has 1 heterocycles. The van der Waals surface area contributed by atoms with Crippen LogP contribution in [0.4, 0.5) is 0 Å². The first-order chi connectivity index (χ1) is 6.03. The van der Waals surface area contributed by atoms with Crippen LogP contribution in [0.3, 0.4) is 0 Å². The second-order valence-corrected chi connectivity index (χ2v) is 6.13. The van der Waals surface area contributed by atoms with E-state index in [1.165, 1.54) is 19.1 Å². The third kappa shape index (κ3) is 3.65. The van der Waals surface area contributed by atoms with Gasteiger partial charge >= 0.3 is 0 Å². The van der Waals surface area contributed by atoms with Crippen molar-refractivity contribution >= 4 is 9.84 Å². The molecular formula is C9H19NO2S. The zero-order valence-electron chi connectivity index (χ0n) is 8.49. The monoisotopic (exact) mass is 205 g/mol. The van der Waals surface area contributed by atoms with Crippen LogP contribution in [0.1, 0.15) is 26.2 Å². The Kier molecular flexibility index (Phi) is 3.74. The topological polar surface area (TPSA) is 37.4 Å². The van der Waals surface area contributed by atoms with Crippen LogP contribution in [0.2, 0.25) is 0 Å². The molecule has 4 heteroatoms. The zero-order valence-corrected chi connectivity index (χ0v) is 9.31. The highest BCUT2D eigenvalue weighted by Crippen LogP contribution is 2.19. The van der Waals surface area contributed by atoms with Crippen molar-refractivity contribution in [2.45, 2.75) is 32.2 Å². The van der Waals surface area contributed by atoms with Gasteiger partial charge in [0.1, 0.15) is 9.84 Å². The van der Waals surface area contributed by atoms with Crippen LogP contribution in [-0.4, -0.2) is 44.5 Å². The van der Waals surface area contributed by atoms with Crippen LogP contribution in [0, 0.1) is 0 Å². The Bertz CT molecular complexity index is 248. The lowest BCUT2D eigenvalue weighted by Gasteiger charge is -2.22. The highest BCUT2D eigenvalue weighted by atomic mass is 32.2. The van der Waals surface area contributed by atoms with E-state index in [1.807, 2.05) is 0 Å². The van der Waals surface area contributed by atoms with Crippen LogP contribution in [0.5, 0.6) is 0 Å². The molecule has 1 unspecified atom stereocenters. The molecule has 1 fully saturated rings. The second kappa shape index (κ2) is 4.42. The first-order valence-electron chi connectivity index (χ1n) is 4.94. The fourth-order valence-electron chi connectivity index (χ4n) is 1.93. The maximum Gasteiger partial charge on any atom is 0.148 e. The molecule has 0 bridgehead atoms. The highest BCUT2D eigenvalue weighted by Gasteiger charge is 2.22. The minimum atomic E-state index is -2.78. The van der Waals surface area contributed by atoms with Crippen molar-refractivity contribution in [2.24, 2.45) is 0 Å². The first-order valence-corrected chi connectivity index (χ1v) is 7.01. The molecule has 78 valence electrons. The van der Waals surface area contributed by atoms with Crippen LogP contribution in [0.25, 0.3) is 0 Å². The van der Waals surface area contributed by atoms with Crippen LogP contribution < -0.4 is 0 Å². The number of sulfone groups is 1. The summed E-state index contributed by atoms with van der Waals surface area (Å²) in [6.07, 6.45) is 4.91. The van der Waals surface area contributed by atoms with E-state index in [9.17, 15) is 8.42 Å². The number of nitrogens with zero attached hydrogens (tertiary/aromatic N) is 1. The van der Waals surface area contributed by atoms with E-state index >= 15 is 0 Å². The fourth-order valence-corrected chi connectivity index (χ4v) is 2.50. The average molecular weight is 205 g/mol.